The molecule has 0 unspecified atom stereocenters. The van der Waals surface area contributed by atoms with Crippen molar-refractivity contribution in [2.75, 3.05) is 0 Å². The summed E-state index contributed by atoms with van der Waals surface area (Å²) in [5, 5.41) is 0.502. The molecule has 0 aromatic carbocycles. The van der Waals surface area contributed by atoms with Gasteiger partial charge in [0.15, 0.2) is 0 Å². The number of aromatic nitrogens is 2. The summed E-state index contributed by atoms with van der Waals surface area (Å²) in [5.74, 6) is 0. The van der Waals surface area contributed by atoms with Crippen LogP contribution in [0, 0.1) is 6.92 Å². The third kappa shape index (κ3) is 1.75. The molecule has 0 N–H and O–H groups in total. The maximum absolute atomic E-state index is 5.71. The van der Waals surface area contributed by atoms with Crippen LogP contribution < -0.4 is 0 Å². The van der Waals surface area contributed by atoms with Crippen molar-refractivity contribution < 1.29 is 0 Å². The Kier molecular flexibility index (Phi) is 2.46. The number of pyridine rings is 2. The highest BCUT2D eigenvalue weighted by Crippen LogP contribution is 2.20. The van der Waals surface area contributed by atoms with Gasteiger partial charge in [-0.2, -0.15) is 0 Å². The molecule has 2 nitrogen and oxygen atoms in total. The average molecular weight is 205 g/mol. The summed E-state index contributed by atoms with van der Waals surface area (Å²) in [6, 6.07) is 7.63. The van der Waals surface area contributed by atoms with Gasteiger partial charge in [0.05, 0.1) is 5.69 Å². The Labute approximate surface area is 87.6 Å². The first kappa shape index (κ1) is 9.16. The van der Waals surface area contributed by atoms with Gasteiger partial charge in [-0.1, -0.05) is 17.7 Å². The van der Waals surface area contributed by atoms with Gasteiger partial charge in [-0.15, -0.1) is 0 Å². The van der Waals surface area contributed by atoms with Crippen LogP contribution in [0.3, 0.4) is 0 Å². The van der Waals surface area contributed by atoms with Crippen LogP contribution in [0.5, 0.6) is 0 Å². The smallest absolute Gasteiger partial charge is 0.129 e. The fourth-order valence-corrected chi connectivity index (χ4v) is 1.42. The predicted octanol–water partition coefficient (Wildman–Crippen LogP) is 3.11. The summed E-state index contributed by atoms with van der Waals surface area (Å²) in [4.78, 5) is 8.32. The number of hydrogen-bond acceptors (Lipinski definition) is 2. The second kappa shape index (κ2) is 3.76. The molecular weight excluding hydrogens is 196 g/mol. The third-order valence-electron chi connectivity index (χ3n) is 2.01. The Balaban J connectivity index is 2.50. The van der Waals surface area contributed by atoms with Crippen molar-refractivity contribution in [3.05, 3.63) is 47.4 Å². The minimum atomic E-state index is 0.502. The Morgan fingerprint density at radius 3 is 2.64 bits per heavy atom. The number of halogens is 1. The summed E-state index contributed by atoms with van der Waals surface area (Å²) < 4.78 is 0. The molecule has 14 heavy (non-hydrogen) atoms. The van der Waals surface area contributed by atoms with E-state index in [1.165, 1.54) is 0 Å². The molecule has 70 valence electrons. The molecule has 0 saturated carbocycles. The fraction of sp³-hybridized carbons (Fsp3) is 0.0909. The first-order valence-corrected chi connectivity index (χ1v) is 4.69. The van der Waals surface area contributed by atoms with E-state index in [-0.39, 0.29) is 0 Å². The second-order valence-electron chi connectivity index (χ2n) is 3.04. The molecule has 2 aromatic heterocycles. The summed E-state index contributed by atoms with van der Waals surface area (Å²) in [5.41, 5.74) is 3.08. The highest BCUT2D eigenvalue weighted by Gasteiger charge is 2.02. The molecule has 0 fully saturated rings. The highest BCUT2D eigenvalue weighted by molar-refractivity contribution is 6.29. The highest BCUT2D eigenvalue weighted by atomic mass is 35.5. The molecular formula is C11H9ClN2. The van der Waals surface area contributed by atoms with Gasteiger partial charge in [-0.3, -0.25) is 4.98 Å². The topological polar surface area (TPSA) is 25.8 Å². The van der Waals surface area contributed by atoms with E-state index in [4.69, 9.17) is 11.6 Å². The van der Waals surface area contributed by atoms with Crippen molar-refractivity contribution in [3.63, 3.8) is 0 Å². The summed E-state index contributed by atoms with van der Waals surface area (Å²) >= 11 is 5.71. The molecule has 2 heterocycles. The van der Waals surface area contributed by atoms with Crippen LogP contribution in [-0.2, 0) is 0 Å². The second-order valence-corrected chi connectivity index (χ2v) is 3.43. The van der Waals surface area contributed by atoms with E-state index in [0.717, 1.165) is 16.8 Å². The van der Waals surface area contributed by atoms with Crippen LogP contribution in [0.1, 0.15) is 5.56 Å². The molecule has 0 aliphatic rings. The SMILES string of the molecule is Cc1cccnc1-c1ccc(Cl)nc1. The molecule has 0 bridgehead atoms. The Morgan fingerprint density at radius 2 is 2.00 bits per heavy atom. The molecule has 0 saturated heterocycles. The lowest BCUT2D eigenvalue weighted by Crippen LogP contribution is -1.87. The number of nitrogens with zero attached hydrogens (tertiary/aromatic N) is 2. The summed E-state index contributed by atoms with van der Waals surface area (Å²) in [7, 11) is 0. The normalized spacial score (nSPS) is 10.1. The van der Waals surface area contributed by atoms with Gasteiger partial charge in [0.1, 0.15) is 5.15 Å². The Bertz CT molecular complexity index is 437. The zero-order valence-corrected chi connectivity index (χ0v) is 8.49. The van der Waals surface area contributed by atoms with E-state index >= 15 is 0 Å². The first-order chi connectivity index (χ1) is 6.77. The van der Waals surface area contributed by atoms with Crippen LogP contribution in [0.4, 0.5) is 0 Å². The van der Waals surface area contributed by atoms with Gasteiger partial charge in [-0.25, -0.2) is 4.98 Å². The van der Waals surface area contributed by atoms with E-state index in [9.17, 15) is 0 Å². The average Bonchev–Trinajstić information content (AvgIpc) is 2.20. The van der Waals surface area contributed by atoms with Crippen molar-refractivity contribution in [1.82, 2.24) is 9.97 Å². The first-order valence-electron chi connectivity index (χ1n) is 4.31. The van der Waals surface area contributed by atoms with E-state index in [1.54, 1.807) is 18.5 Å². The van der Waals surface area contributed by atoms with Crippen LogP contribution in [0.2, 0.25) is 5.15 Å². The van der Waals surface area contributed by atoms with Gasteiger partial charge >= 0.3 is 0 Å². The summed E-state index contributed by atoms with van der Waals surface area (Å²) in [6.07, 6.45) is 3.51. The van der Waals surface area contributed by atoms with E-state index in [0.29, 0.717) is 5.15 Å². The van der Waals surface area contributed by atoms with Crippen LogP contribution in [0.25, 0.3) is 11.3 Å². The standard InChI is InChI=1S/C11H9ClN2/c1-8-3-2-6-13-11(8)9-4-5-10(12)14-7-9/h2-7H,1H3. The van der Waals surface area contributed by atoms with Gasteiger partial charge in [0, 0.05) is 18.0 Å². The predicted molar refractivity (Wildman–Crippen MR) is 57.2 cm³/mol. The van der Waals surface area contributed by atoms with Crippen molar-refractivity contribution in [3.8, 4) is 11.3 Å². The zero-order chi connectivity index (χ0) is 9.97. The van der Waals surface area contributed by atoms with Gasteiger partial charge in [-0.05, 0) is 30.7 Å². The fourth-order valence-electron chi connectivity index (χ4n) is 1.30. The van der Waals surface area contributed by atoms with Crippen molar-refractivity contribution in [2.45, 2.75) is 6.92 Å². The van der Waals surface area contributed by atoms with Crippen molar-refractivity contribution in [1.29, 1.82) is 0 Å². The molecule has 2 rings (SSSR count). The van der Waals surface area contributed by atoms with Gasteiger partial charge in [0.25, 0.3) is 0 Å². The van der Waals surface area contributed by atoms with Gasteiger partial charge < -0.3 is 0 Å². The minimum Gasteiger partial charge on any atom is -0.256 e. The number of hydrogen-bond donors (Lipinski definition) is 0. The Morgan fingerprint density at radius 1 is 1.14 bits per heavy atom. The maximum Gasteiger partial charge on any atom is 0.129 e. The Hall–Kier alpha value is -1.41. The van der Waals surface area contributed by atoms with Crippen LogP contribution in [0.15, 0.2) is 36.7 Å². The monoisotopic (exact) mass is 204 g/mol. The molecule has 0 spiro atoms. The maximum atomic E-state index is 5.71. The molecule has 0 aliphatic carbocycles. The lowest BCUT2D eigenvalue weighted by Gasteiger charge is -2.03. The van der Waals surface area contributed by atoms with Crippen LogP contribution in [-0.4, -0.2) is 9.97 Å². The van der Waals surface area contributed by atoms with E-state index in [1.807, 2.05) is 25.1 Å². The van der Waals surface area contributed by atoms with Gasteiger partial charge in [0.2, 0.25) is 0 Å². The van der Waals surface area contributed by atoms with Crippen LogP contribution >= 0.6 is 11.6 Å². The summed E-state index contributed by atoms with van der Waals surface area (Å²) in [6.45, 7) is 2.02. The lowest BCUT2D eigenvalue weighted by atomic mass is 10.1. The largest absolute Gasteiger partial charge is 0.256 e. The third-order valence-corrected chi connectivity index (χ3v) is 2.23. The van der Waals surface area contributed by atoms with Crippen molar-refractivity contribution in [2.24, 2.45) is 0 Å². The molecule has 3 heteroatoms. The van der Waals surface area contributed by atoms with E-state index < -0.39 is 0 Å². The molecule has 0 aliphatic heterocycles. The van der Waals surface area contributed by atoms with E-state index in [2.05, 4.69) is 9.97 Å². The molecule has 0 radical (unpaired) electrons. The molecule has 0 amide bonds. The minimum absolute atomic E-state index is 0.502. The quantitative estimate of drug-likeness (QED) is 0.667. The number of aryl methyl sites for hydroxylation is 1. The lowest BCUT2D eigenvalue weighted by molar-refractivity contribution is 1.24. The zero-order valence-electron chi connectivity index (χ0n) is 7.74. The molecule has 2 aromatic rings. The number of rotatable bonds is 1. The molecule has 0 atom stereocenters. The van der Waals surface area contributed by atoms with Crippen molar-refractivity contribution >= 4 is 11.6 Å².